The molecule has 166 valence electrons. The molecule has 1 heterocycles. The van der Waals surface area contributed by atoms with Gasteiger partial charge in [0.05, 0.1) is 23.9 Å². The fraction of sp³-hybridized carbons (Fsp3) is 0.360. The minimum atomic E-state index is -0.398. The highest BCUT2D eigenvalue weighted by atomic mass is 16.5. The molecule has 1 fully saturated rings. The molecule has 1 aromatic heterocycles. The van der Waals surface area contributed by atoms with E-state index in [2.05, 4.69) is 4.98 Å². The van der Waals surface area contributed by atoms with Crippen molar-refractivity contribution in [3.05, 3.63) is 69.8 Å². The third kappa shape index (κ3) is 4.72. The summed E-state index contributed by atoms with van der Waals surface area (Å²) < 4.78 is 12.8. The first-order chi connectivity index (χ1) is 15.5. The van der Waals surface area contributed by atoms with Gasteiger partial charge in [0.25, 0.3) is 5.56 Å². The van der Waals surface area contributed by atoms with Crippen LogP contribution in [0.15, 0.2) is 47.3 Å². The quantitative estimate of drug-likeness (QED) is 0.374. The number of benzene rings is 2. The van der Waals surface area contributed by atoms with Crippen LogP contribution in [-0.2, 0) is 22.6 Å². The van der Waals surface area contributed by atoms with E-state index >= 15 is 0 Å². The molecule has 7 nitrogen and oxygen atoms in total. The Morgan fingerprint density at radius 2 is 1.94 bits per heavy atom. The third-order valence-corrected chi connectivity index (χ3v) is 5.50. The Bertz CT molecular complexity index is 1230. The summed E-state index contributed by atoms with van der Waals surface area (Å²) in [5.41, 5.74) is 1.77. The monoisotopic (exact) mass is 434 g/mol. The number of aryl methyl sites for hydroxylation is 1. The number of ketones is 1. The maximum atomic E-state index is 12.9. The van der Waals surface area contributed by atoms with Crippen molar-refractivity contribution >= 4 is 22.7 Å². The van der Waals surface area contributed by atoms with Crippen molar-refractivity contribution in [2.45, 2.75) is 52.2 Å². The van der Waals surface area contributed by atoms with Crippen molar-refractivity contribution in [3.63, 3.8) is 0 Å². The van der Waals surface area contributed by atoms with E-state index in [-0.39, 0.29) is 30.4 Å². The summed E-state index contributed by atoms with van der Waals surface area (Å²) in [6.07, 6.45) is 2.32. The molecule has 32 heavy (non-hydrogen) atoms. The van der Waals surface area contributed by atoms with Crippen molar-refractivity contribution in [2.24, 2.45) is 0 Å². The number of fused-ring (bicyclic) bond motifs is 1. The van der Waals surface area contributed by atoms with Gasteiger partial charge in [0.1, 0.15) is 18.2 Å². The molecule has 0 N–H and O–H groups in total. The zero-order valence-corrected chi connectivity index (χ0v) is 18.3. The van der Waals surface area contributed by atoms with E-state index in [4.69, 9.17) is 9.47 Å². The number of aromatic nitrogens is 2. The SMILES string of the molecule is CCOc1ccc(C(C)=O)cc1COC(=O)CCc1nc2ccccc2c(=O)n1C1CC1. The van der Waals surface area contributed by atoms with Crippen molar-refractivity contribution in [1.82, 2.24) is 9.55 Å². The van der Waals surface area contributed by atoms with Crippen LogP contribution >= 0.6 is 0 Å². The summed E-state index contributed by atoms with van der Waals surface area (Å²) >= 11 is 0. The Kier molecular flexibility index (Phi) is 6.35. The van der Waals surface area contributed by atoms with E-state index < -0.39 is 5.97 Å². The van der Waals surface area contributed by atoms with Crippen LogP contribution in [0, 0.1) is 0 Å². The predicted octanol–water partition coefficient (Wildman–Crippen LogP) is 4.01. The Hall–Kier alpha value is -3.48. The summed E-state index contributed by atoms with van der Waals surface area (Å²) in [6.45, 7) is 3.83. The molecule has 4 rings (SSSR count). The number of rotatable bonds is 9. The van der Waals surface area contributed by atoms with E-state index in [0.717, 1.165) is 12.8 Å². The van der Waals surface area contributed by atoms with Gasteiger partial charge >= 0.3 is 5.97 Å². The fourth-order valence-electron chi connectivity index (χ4n) is 3.73. The van der Waals surface area contributed by atoms with Crippen molar-refractivity contribution < 1.29 is 19.1 Å². The van der Waals surface area contributed by atoms with Gasteiger partial charge < -0.3 is 9.47 Å². The zero-order valence-electron chi connectivity index (χ0n) is 18.3. The molecule has 0 aliphatic heterocycles. The molecular weight excluding hydrogens is 408 g/mol. The molecular formula is C25H26N2O5. The average molecular weight is 434 g/mol. The molecule has 0 bridgehead atoms. The molecule has 3 aromatic rings. The van der Waals surface area contributed by atoms with E-state index in [1.807, 2.05) is 25.1 Å². The van der Waals surface area contributed by atoms with Crippen LogP contribution in [0.2, 0.25) is 0 Å². The van der Waals surface area contributed by atoms with Crippen LogP contribution in [0.5, 0.6) is 5.75 Å². The number of para-hydroxylation sites is 1. The number of hydrogen-bond acceptors (Lipinski definition) is 6. The van der Waals surface area contributed by atoms with Gasteiger partial charge in [-0.2, -0.15) is 0 Å². The third-order valence-electron chi connectivity index (χ3n) is 5.50. The number of esters is 1. The highest BCUT2D eigenvalue weighted by Gasteiger charge is 2.28. The zero-order chi connectivity index (χ0) is 22.7. The fourth-order valence-corrected chi connectivity index (χ4v) is 3.73. The van der Waals surface area contributed by atoms with Gasteiger partial charge in [-0.15, -0.1) is 0 Å². The first-order valence-electron chi connectivity index (χ1n) is 10.9. The van der Waals surface area contributed by atoms with Crippen molar-refractivity contribution in [1.29, 1.82) is 0 Å². The summed E-state index contributed by atoms with van der Waals surface area (Å²) in [5.74, 6) is 0.734. The Balaban J connectivity index is 1.47. The number of ether oxygens (including phenoxy) is 2. The lowest BCUT2D eigenvalue weighted by molar-refractivity contribution is -0.145. The van der Waals surface area contributed by atoms with Gasteiger partial charge in [-0.25, -0.2) is 4.98 Å². The number of carbonyl (C=O) groups is 2. The maximum absolute atomic E-state index is 12.9. The second-order valence-corrected chi connectivity index (χ2v) is 7.92. The smallest absolute Gasteiger partial charge is 0.306 e. The van der Waals surface area contributed by atoms with E-state index in [1.165, 1.54) is 6.92 Å². The van der Waals surface area contributed by atoms with Gasteiger partial charge in [0, 0.05) is 23.6 Å². The Morgan fingerprint density at radius 3 is 2.66 bits per heavy atom. The number of Topliss-reactive ketones (excluding diaryl/α,β-unsaturated/α-hetero) is 1. The summed E-state index contributed by atoms with van der Waals surface area (Å²) in [7, 11) is 0. The number of hydrogen-bond donors (Lipinski definition) is 0. The largest absolute Gasteiger partial charge is 0.493 e. The lowest BCUT2D eigenvalue weighted by Crippen LogP contribution is -2.25. The topological polar surface area (TPSA) is 87.5 Å². The summed E-state index contributed by atoms with van der Waals surface area (Å²) in [4.78, 5) is 41.8. The van der Waals surface area contributed by atoms with Crippen molar-refractivity contribution in [3.8, 4) is 5.75 Å². The Labute approximate surface area is 186 Å². The Morgan fingerprint density at radius 1 is 1.16 bits per heavy atom. The molecule has 2 aromatic carbocycles. The minimum absolute atomic E-state index is 0.00979. The van der Waals surface area contributed by atoms with Gasteiger partial charge in [-0.05, 0) is 57.0 Å². The molecule has 1 saturated carbocycles. The molecule has 0 spiro atoms. The molecule has 0 atom stereocenters. The average Bonchev–Trinajstić information content (AvgIpc) is 3.62. The van der Waals surface area contributed by atoms with Crippen LogP contribution < -0.4 is 10.3 Å². The second kappa shape index (κ2) is 9.34. The lowest BCUT2D eigenvalue weighted by Gasteiger charge is -2.14. The number of nitrogens with zero attached hydrogens (tertiary/aromatic N) is 2. The van der Waals surface area contributed by atoms with Crippen LogP contribution in [0.25, 0.3) is 10.9 Å². The standard InChI is InChI=1S/C25H26N2O5/c1-3-31-22-11-8-17(16(2)28)14-18(22)15-32-24(29)13-12-23-26-21-7-5-4-6-20(21)25(30)27(23)19-9-10-19/h4-8,11,14,19H,3,9-10,12-13,15H2,1-2H3. The van der Waals surface area contributed by atoms with E-state index in [1.54, 1.807) is 28.8 Å². The molecule has 7 heteroatoms. The normalized spacial score (nSPS) is 13.2. The number of carbonyl (C=O) groups excluding carboxylic acids is 2. The van der Waals surface area contributed by atoms with Crippen LogP contribution in [0.3, 0.4) is 0 Å². The molecule has 0 radical (unpaired) electrons. The van der Waals surface area contributed by atoms with Crippen molar-refractivity contribution in [2.75, 3.05) is 6.61 Å². The van der Waals surface area contributed by atoms with E-state index in [9.17, 15) is 14.4 Å². The van der Waals surface area contributed by atoms with Crippen LogP contribution in [0.1, 0.15) is 60.9 Å². The molecule has 0 saturated heterocycles. The lowest BCUT2D eigenvalue weighted by atomic mass is 10.1. The summed E-state index contributed by atoms with van der Waals surface area (Å²) in [6, 6.07) is 12.5. The second-order valence-electron chi connectivity index (χ2n) is 7.92. The predicted molar refractivity (Wildman–Crippen MR) is 120 cm³/mol. The van der Waals surface area contributed by atoms with Crippen LogP contribution in [-0.4, -0.2) is 27.9 Å². The maximum Gasteiger partial charge on any atom is 0.306 e. The van der Waals surface area contributed by atoms with Gasteiger partial charge in [-0.1, -0.05) is 12.1 Å². The van der Waals surface area contributed by atoms with Gasteiger partial charge in [0.15, 0.2) is 5.78 Å². The molecule has 1 aliphatic carbocycles. The highest BCUT2D eigenvalue weighted by molar-refractivity contribution is 5.94. The summed E-state index contributed by atoms with van der Waals surface area (Å²) in [5, 5.41) is 0.597. The highest BCUT2D eigenvalue weighted by Crippen LogP contribution is 2.35. The molecule has 1 aliphatic rings. The first kappa shape index (κ1) is 21.7. The first-order valence-corrected chi connectivity index (χ1v) is 10.9. The van der Waals surface area contributed by atoms with Gasteiger partial charge in [0.2, 0.25) is 0 Å². The molecule has 0 amide bonds. The van der Waals surface area contributed by atoms with E-state index in [0.29, 0.717) is 46.6 Å². The minimum Gasteiger partial charge on any atom is -0.493 e. The van der Waals surface area contributed by atoms with Gasteiger partial charge in [-0.3, -0.25) is 19.0 Å². The molecule has 0 unspecified atom stereocenters. The van der Waals surface area contributed by atoms with Crippen LogP contribution in [0.4, 0.5) is 0 Å².